The third-order valence-corrected chi connectivity index (χ3v) is 5.44. The van der Waals surface area contributed by atoms with Crippen molar-refractivity contribution in [1.29, 1.82) is 0 Å². The molecule has 1 unspecified atom stereocenters. The van der Waals surface area contributed by atoms with Crippen molar-refractivity contribution in [2.24, 2.45) is 4.99 Å². The minimum absolute atomic E-state index is 0.249. The second-order valence-corrected chi connectivity index (χ2v) is 8.26. The van der Waals surface area contributed by atoms with Crippen LogP contribution in [-0.4, -0.2) is 40.8 Å². The molecule has 1 aromatic heterocycles. The number of hydrogen-bond acceptors (Lipinski definition) is 4. The summed E-state index contributed by atoms with van der Waals surface area (Å²) in [5.74, 6) is 0.0593. The average molecular weight is 456 g/mol. The second-order valence-electron chi connectivity index (χ2n) is 7.83. The van der Waals surface area contributed by atoms with Crippen LogP contribution in [0.3, 0.4) is 0 Å². The fourth-order valence-corrected chi connectivity index (χ4v) is 3.51. The van der Waals surface area contributed by atoms with Gasteiger partial charge in [-0.25, -0.2) is 9.38 Å². The van der Waals surface area contributed by atoms with E-state index in [1.54, 1.807) is 42.5 Å². The first-order chi connectivity index (χ1) is 15.4. The number of ether oxygens (including phenoxy) is 1. The van der Waals surface area contributed by atoms with Crippen LogP contribution in [0.5, 0.6) is 0 Å². The molecule has 3 aromatic rings. The maximum absolute atomic E-state index is 13.2. The van der Waals surface area contributed by atoms with Crippen LogP contribution < -0.4 is 10.6 Å². The fourth-order valence-electron chi connectivity index (χ4n) is 3.38. The van der Waals surface area contributed by atoms with E-state index >= 15 is 0 Å². The molecule has 4 rings (SSSR count). The molecule has 0 bridgehead atoms. The molecule has 1 saturated heterocycles. The number of aromatic amines is 1. The van der Waals surface area contributed by atoms with Crippen molar-refractivity contribution in [2.45, 2.75) is 25.4 Å². The molecule has 0 radical (unpaired) electrons. The molecule has 3 N–H and O–H groups in total. The van der Waals surface area contributed by atoms with E-state index in [0.717, 1.165) is 18.4 Å². The molecule has 1 atom stereocenters. The Morgan fingerprint density at radius 3 is 2.69 bits per heavy atom. The van der Waals surface area contributed by atoms with Crippen molar-refractivity contribution in [1.82, 2.24) is 15.5 Å². The predicted molar refractivity (Wildman–Crippen MR) is 122 cm³/mol. The minimum Gasteiger partial charge on any atom is -0.373 e. The van der Waals surface area contributed by atoms with Crippen LogP contribution >= 0.6 is 11.6 Å². The molecular weight excluding hydrogens is 433 g/mol. The number of H-pyrrole nitrogens is 1. The minimum atomic E-state index is -0.372. The number of aromatic nitrogens is 2. The monoisotopic (exact) mass is 455 g/mol. The lowest BCUT2D eigenvalue weighted by atomic mass is 10.0. The molecular formula is C23H23ClFN5O2. The van der Waals surface area contributed by atoms with Crippen LogP contribution in [0.1, 0.15) is 30.1 Å². The van der Waals surface area contributed by atoms with Gasteiger partial charge in [0.1, 0.15) is 5.82 Å². The summed E-state index contributed by atoms with van der Waals surface area (Å²) in [7, 11) is 0. The van der Waals surface area contributed by atoms with Gasteiger partial charge in [-0.3, -0.25) is 15.2 Å². The largest absolute Gasteiger partial charge is 0.373 e. The molecule has 166 valence electrons. The molecule has 7 nitrogen and oxygen atoms in total. The standard InChI is InChI=1S/C23H23ClFN5O2/c1-23(11-2-12-32-23)14-26-22(28-21(31)16-3-7-17(24)8-4-16)27-20-13-19(29-30-20)15-5-9-18(25)10-6-15/h3-10,13H,2,11-12,14H2,1H3,(H3,26,27,28,29,30,31). The summed E-state index contributed by atoms with van der Waals surface area (Å²) in [6.45, 7) is 3.08. The normalized spacial score (nSPS) is 18.5. The molecule has 9 heteroatoms. The maximum Gasteiger partial charge on any atom is 0.257 e. The summed E-state index contributed by atoms with van der Waals surface area (Å²) >= 11 is 5.91. The summed E-state index contributed by atoms with van der Waals surface area (Å²) < 4.78 is 19.0. The smallest absolute Gasteiger partial charge is 0.257 e. The van der Waals surface area contributed by atoms with E-state index in [1.807, 2.05) is 6.92 Å². The summed E-state index contributed by atoms with van der Waals surface area (Å²) in [6, 6.07) is 14.4. The van der Waals surface area contributed by atoms with Gasteiger partial charge < -0.3 is 10.1 Å². The zero-order valence-corrected chi connectivity index (χ0v) is 18.2. The van der Waals surface area contributed by atoms with Crippen LogP contribution in [0.2, 0.25) is 5.02 Å². The highest BCUT2D eigenvalue weighted by atomic mass is 35.5. The zero-order valence-electron chi connectivity index (χ0n) is 17.5. The number of aliphatic imine (C=N–C) groups is 1. The van der Waals surface area contributed by atoms with Crippen molar-refractivity contribution in [3.63, 3.8) is 0 Å². The van der Waals surface area contributed by atoms with Gasteiger partial charge in [-0.2, -0.15) is 5.10 Å². The highest BCUT2D eigenvalue weighted by molar-refractivity contribution is 6.30. The molecule has 1 aliphatic heterocycles. The van der Waals surface area contributed by atoms with E-state index < -0.39 is 0 Å². The number of carbonyl (C=O) groups excluding carboxylic acids is 1. The molecule has 1 fully saturated rings. The van der Waals surface area contributed by atoms with Crippen LogP contribution in [0.4, 0.5) is 10.2 Å². The number of nitrogens with one attached hydrogen (secondary N) is 3. The molecule has 2 heterocycles. The van der Waals surface area contributed by atoms with E-state index in [4.69, 9.17) is 16.3 Å². The Morgan fingerprint density at radius 1 is 1.25 bits per heavy atom. The number of hydrogen-bond donors (Lipinski definition) is 3. The highest BCUT2D eigenvalue weighted by Gasteiger charge is 2.29. The first-order valence-corrected chi connectivity index (χ1v) is 10.6. The summed E-state index contributed by atoms with van der Waals surface area (Å²) in [5.41, 5.74) is 1.55. The van der Waals surface area contributed by atoms with Gasteiger partial charge in [0.05, 0.1) is 17.8 Å². The molecule has 0 spiro atoms. The maximum atomic E-state index is 13.2. The van der Waals surface area contributed by atoms with Crippen molar-refractivity contribution in [3.8, 4) is 11.3 Å². The molecule has 0 saturated carbocycles. The molecule has 32 heavy (non-hydrogen) atoms. The number of halogens is 2. The Bertz CT molecular complexity index is 1110. The van der Waals surface area contributed by atoms with E-state index in [1.165, 1.54) is 12.1 Å². The number of rotatable bonds is 5. The first kappa shape index (κ1) is 22.0. The van der Waals surface area contributed by atoms with Gasteiger partial charge in [-0.05, 0) is 73.9 Å². The molecule has 2 aromatic carbocycles. The van der Waals surface area contributed by atoms with Gasteiger partial charge in [0.25, 0.3) is 5.91 Å². The van der Waals surface area contributed by atoms with Gasteiger partial charge in [0.15, 0.2) is 5.82 Å². The molecule has 0 aliphatic carbocycles. The van der Waals surface area contributed by atoms with Crippen LogP contribution in [-0.2, 0) is 4.74 Å². The quantitative estimate of drug-likeness (QED) is 0.386. The second kappa shape index (κ2) is 9.50. The molecule has 1 amide bonds. The van der Waals surface area contributed by atoms with Crippen LogP contribution in [0.15, 0.2) is 59.6 Å². The Labute approximate surface area is 190 Å². The van der Waals surface area contributed by atoms with E-state index in [9.17, 15) is 9.18 Å². The topological polar surface area (TPSA) is 91.4 Å². The lowest BCUT2D eigenvalue weighted by molar-refractivity contribution is 0.0284. The Balaban J connectivity index is 1.52. The van der Waals surface area contributed by atoms with E-state index in [-0.39, 0.29) is 23.3 Å². The lowest BCUT2D eigenvalue weighted by Crippen LogP contribution is -2.38. The predicted octanol–water partition coefficient (Wildman–Crippen LogP) is 4.64. The number of anilines is 1. The van der Waals surface area contributed by atoms with Crippen molar-refractivity contribution in [2.75, 3.05) is 18.5 Å². The molecule has 1 aliphatic rings. The van der Waals surface area contributed by atoms with E-state index in [0.29, 0.717) is 35.2 Å². The highest BCUT2D eigenvalue weighted by Crippen LogP contribution is 2.25. The lowest BCUT2D eigenvalue weighted by Gasteiger charge is -2.21. The van der Waals surface area contributed by atoms with E-state index in [2.05, 4.69) is 25.8 Å². The Kier molecular flexibility index (Phi) is 6.53. The number of guanidine groups is 1. The summed E-state index contributed by atoms with van der Waals surface area (Å²) in [6.07, 6.45) is 1.87. The number of benzene rings is 2. The Hall–Kier alpha value is -3.23. The number of carbonyl (C=O) groups is 1. The summed E-state index contributed by atoms with van der Waals surface area (Å²) in [5, 5.41) is 13.5. The fraction of sp³-hybridized carbons (Fsp3) is 0.261. The van der Waals surface area contributed by atoms with Crippen molar-refractivity contribution in [3.05, 3.63) is 71.0 Å². The first-order valence-electron chi connectivity index (χ1n) is 10.2. The van der Waals surface area contributed by atoms with Gasteiger partial charge in [0, 0.05) is 23.3 Å². The van der Waals surface area contributed by atoms with Gasteiger partial charge in [-0.1, -0.05) is 11.6 Å². The Morgan fingerprint density at radius 2 is 2.00 bits per heavy atom. The van der Waals surface area contributed by atoms with Crippen molar-refractivity contribution < 1.29 is 13.9 Å². The van der Waals surface area contributed by atoms with Gasteiger partial charge in [0.2, 0.25) is 5.96 Å². The SMILES string of the molecule is CC1(CN=C(NC(=O)c2ccc(Cl)cc2)Nc2cc(-c3ccc(F)cc3)[nH]n2)CCCO1. The third-order valence-electron chi connectivity index (χ3n) is 5.19. The van der Waals surface area contributed by atoms with Crippen LogP contribution in [0.25, 0.3) is 11.3 Å². The number of nitrogens with zero attached hydrogens (tertiary/aromatic N) is 2. The van der Waals surface area contributed by atoms with Crippen LogP contribution in [0, 0.1) is 5.82 Å². The zero-order chi connectivity index (χ0) is 22.6. The van der Waals surface area contributed by atoms with Gasteiger partial charge in [-0.15, -0.1) is 0 Å². The van der Waals surface area contributed by atoms with Crippen molar-refractivity contribution >= 4 is 29.3 Å². The van der Waals surface area contributed by atoms with Gasteiger partial charge >= 0.3 is 0 Å². The average Bonchev–Trinajstić information content (AvgIpc) is 3.43. The number of amides is 1. The third kappa shape index (κ3) is 5.52. The summed E-state index contributed by atoms with van der Waals surface area (Å²) in [4.78, 5) is 17.3.